The van der Waals surface area contributed by atoms with E-state index in [-0.39, 0.29) is 11.8 Å². The Hall–Kier alpha value is -2.45. The summed E-state index contributed by atoms with van der Waals surface area (Å²) in [4.78, 5) is 21.3. The molecule has 0 spiro atoms. The van der Waals surface area contributed by atoms with E-state index in [0.29, 0.717) is 44.1 Å². The summed E-state index contributed by atoms with van der Waals surface area (Å²) in [5, 5.41) is 0. The molecule has 8 heteroatoms. The highest BCUT2D eigenvalue weighted by Crippen LogP contribution is 2.32. The fourth-order valence-electron chi connectivity index (χ4n) is 4.24. The first-order chi connectivity index (χ1) is 14.9. The number of amides is 1. The molecule has 0 N–H and O–H groups in total. The second-order valence-electron chi connectivity index (χ2n) is 8.09. The molecule has 0 unspecified atom stereocenters. The van der Waals surface area contributed by atoms with E-state index in [1.54, 1.807) is 12.1 Å². The molecule has 5 nitrogen and oxygen atoms in total. The number of hydrogen-bond acceptors (Lipinski definition) is 4. The third-order valence-electron chi connectivity index (χ3n) is 5.90. The summed E-state index contributed by atoms with van der Waals surface area (Å²) < 4.78 is 44.5. The number of carbonyl (C=O) groups excluding carboxylic acids is 1. The van der Waals surface area contributed by atoms with Crippen molar-refractivity contribution in [1.29, 1.82) is 0 Å². The maximum absolute atomic E-state index is 13.1. The van der Waals surface area contributed by atoms with Crippen LogP contribution in [0.4, 0.5) is 13.2 Å². The number of alkyl halides is 3. The van der Waals surface area contributed by atoms with Gasteiger partial charge >= 0.3 is 6.18 Å². The summed E-state index contributed by atoms with van der Waals surface area (Å²) in [5.74, 6) is 0.270. The zero-order chi connectivity index (χ0) is 21.8. The van der Waals surface area contributed by atoms with Crippen LogP contribution in [-0.4, -0.2) is 66.6 Å². The van der Waals surface area contributed by atoms with Crippen LogP contribution in [0, 0.1) is 0 Å². The van der Waals surface area contributed by atoms with E-state index in [4.69, 9.17) is 4.74 Å². The van der Waals surface area contributed by atoms with Crippen molar-refractivity contribution < 1.29 is 22.7 Å². The minimum Gasteiger partial charge on any atom is -0.378 e. The maximum Gasteiger partial charge on any atom is 0.416 e. The van der Waals surface area contributed by atoms with Crippen LogP contribution in [0.1, 0.15) is 30.0 Å². The van der Waals surface area contributed by atoms with Gasteiger partial charge in [0.2, 0.25) is 5.91 Å². The number of hydrogen-bond donors (Lipinski definition) is 0. The molecule has 0 radical (unpaired) electrons. The first kappa shape index (κ1) is 21.8. The van der Waals surface area contributed by atoms with E-state index in [0.717, 1.165) is 43.8 Å². The standard InChI is InChI=1S/C23H26F3N3O2/c24-23(25,26)19-6-1-4-17(14-19)20-7-2-8-21(27-20)18-5-3-9-28(15-18)16-22(30)29-10-12-31-13-11-29/h1-2,4,6-8,14,18H,3,5,9-13,15-16H2/t18-/m0/s1. The van der Waals surface area contributed by atoms with E-state index >= 15 is 0 Å². The average molecular weight is 433 g/mol. The lowest BCUT2D eigenvalue weighted by Crippen LogP contribution is -2.47. The molecular weight excluding hydrogens is 407 g/mol. The Morgan fingerprint density at radius 3 is 2.65 bits per heavy atom. The Morgan fingerprint density at radius 1 is 1.10 bits per heavy atom. The summed E-state index contributed by atoms with van der Waals surface area (Å²) in [5.41, 5.74) is 1.16. The van der Waals surface area contributed by atoms with E-state index in [9.17, 15) is 18.0 Å². The first-order valence-corrected chi connectivity index (χ1v) is 10.6. The van der Waals surface area contributed by atoms with Crippen LogP contribution in [0.5, 0.6) is 0 Å². The van der Waals surface area contributed by atoms with Gasteiger partial charge in [0.05, 0.1) is 31.0 Å². The number of ether oxygens (including phenoxy) is 1. The van der Waals surface area contributed by atoms with Crippen molar-refractivity contribution in [3.05, 3.63) is 53.7 Å². The molecule has 3 heterocycles. The molecule has 1 atom stereocenters. The van der Waals surface area contributed by atoms with Gasteiger partial charge < -0.3 is 9.64 Å². The molecule has 2 aliphatic heterocycles. The number of carbonyl (C=O) groups is 1. The maximum atomic E-state index is 13.1. The zero-order valence-electron chi connectivity index (χ0n) is 17.3. The molecule has 2 aliphatic rings. The van der Waals surface area contributed by atoms with Crippen LogP contribution in [0.2, 0.25) is 0 Å². The van der Waals surface area contributed by atoms with Gasteiger partial charge in [0.1, 0.15) is 0 Å². The first-order valence-electron chi connectivity index (χ1n) is 10.6. The Kier molecular flexibility index (Phi) is 6.57. The van der Waals surface area contributed by atoms with E-state index in [1.165, 1.54) is 6.07 Å². The molecule has 2 fully saturated rings. The molecule has 1 aromatic carbocycles. The lowest BCUT2D eigenvalue weighted by molar-refractivity contribution is -0.138. The van der Waals surface area contributed by atoms with Gasteiger partial charge in [-0.2, -0.15) is 13.2 Å². The third-order valence-corrected chi connectivity index (χ3v) is 5.90. The smallest absolute Gasteiger partial charge is 0.378 e. The molecule has 0 aliphatic carbocycles. The van der Waals surface area contributed by atoms with Crippen LogP contribution in [0.3, 0.4) is 0 Å². The molecule has 166 valence electrons. The Labute approximate surface area is 179 Å². The summed E-state index contributed by atoms with van der Waals surface area (Å²) in [6, 6.07) is 10.8. The fraction of sp³-hybridized carbons (Fsp3) is 0.478. The van der Waals surface area contributed by atoms with Gasteiger partial charge in [-0.3, -0.25) is 14.7 Å². The van der Waals surface area contributed by atoms with Crippen molar-refractivity contribution in [1.82, 2.24) is 14.8 Å². The van der Waals surface area contributed by atoms with Gasteiger partial charge in [-0.25, -0.2) is 0 Å². The number of aromatic nitrogens is 1. The highest BCUT2D eigenvalue weighted by Gasteiger charge is 2.31. The van der Waals surface area contributed by atoms with E-state index in [1.807, 2.05) is 17.0 Å². The van der Waals surface area contributed by atoms with Gasteiger partial charge in [0.25, 0.3) is 0 Å². The lowest BCUT2D eigenvalue weighted by Gasteiger charge is -2.34. The number of nitrogens with zero attached hydrogens (tertiary/aromatic N) is 3. The molecular formula is C23H26F3N3O2. The monoisotopic (exact) mass is 433 g/mol. The van der Waals surface area contributed by atoms with Crippen LogP contribution >= 0.6 is 0 Å². The van der Waals surface area contributed by atoms with Crippen LogP contribution < -0.4 is 0 Å². The molecule has 2 saturated heterocycles. The molecule has 31 heavy (non-hydrogen) atoms. The highest BCUT2D eigenvalue weighted by atomic mass is 19.4. The zero-order valence-corrected chi connectivity index (χ0v) is 17.3. The van der Waals surface area contributed by atoms with Crippen molar-refractivity contribution in [3.8, 4) is 11.3 Å². The molecule has 4 rings (SSSR count). The average Bonchev–Trinajstić information content (AvgIpc) is 2.79. The minimum atomic E-state index is -4.38. The topological polar surface area (TPSA) is 45.7 Å². The third kappa shape index (κ3) is 5.43. The Bertz CT molecular complexity index is 913. The minimum absolute atomic E-state index is 0.120. The number of morpholine rings is 1. The fourth-order valence-corrected chi connectivity index (χ4v) is 4.24. The van der Waals surface area contributed by atoms with Crippen molar-refractivity contribution in [3.63, 3.8) is 0 Å². The number of rotatable bonds is 4. The summed E-state index contributed by atoms with van der Waals surface area (Å²) in [6.07, 6.45) is -2.48. The van der Waals surface area contributed by atoms with Gasteiger partial charge in [-0.1, -0.05) is 18.2 Å². The second-order valence-corrected chi connectivity index (χ2v) is 8.09. The predicted molar refractivity (Wildman–Crippen MR) is 110 cm³/mol. The molecule has 2 aromatic rings. The number of benzene rings is 1. The highest BCUT2D eigenvalue weighted by molar-refractivity contribution is 5.78. The van der Waals surface area contributed by atoms with Gasteiger partial charge in [-0.15, -0.1) is 0 Å². The number of piperidine rings is 1. The van der Waals surface area contributed by atoms with Crippen LogP contribution in [0.15, 0.2) is 42.5 Å². The van der Waals surface area contributed by atoms with Crippen LogP contribution in [-0.2, 0) is 15.7 Å². The lowest BCUT2D eigenvalue weighted by atomic mass is 9.93. The summed E-state index contributed by atoms with van der Waals surface area (Å²) in [6.45, 7) is 4.40. The van der Waals surface area contributed by atoms with Crippen molar-refractivity contribution >= 4 is 5.91 Å². The SMILES string of the molecule is O=C(CN1CCC[C@H](c2cccc(-c3cccc(C(F)(F)F)c3)n2)C1)N1CCOCC1. The van der Waals surface area contributed by atoms with Crippen molar-refractivity contribution in [2.24, 2.45) is 0 Å². The quantitative estimate of drug-likeness (QED) is 0.736. The van der Waals surface area contributed by atoms with Gasteiger partial charge in [-0.05, 0) is 43.7 Å². The van der Waals surface area contributed by atoms with E-state index in [2.05, 4.69) is 9.88 Å². The van der Waals surface area contributed by atoms with Crippen molar-refractivity contribution in [2.75, 3.05) is 45.9 Å². The largest absolute Gasteiger partial charge is 0.416 e. The number of pyridine rings is 1. The number of likely N-dealkylation sites (tertiary alicyclic amines) is 1. The van der Waals surface area contributed by atoms with Crippen LogP contribution in [0.25, 0.3) is 11.3 Å². The second kappa shape index (κ2) is 9.36. The Morgan fingerprint density at radius 2 is 1.87 bits per heavy atom. The van der Waals surface area contributed by atoms with Gasteiger partial charge in [0, 0.05) is 36.8 Å². The van der Waals surface area contributed by atoms with Gasteiger partial charge in [0.15, 0.2) is 0 Å². The molecule has 1 amide bonds. The van der Waals surface area contributed by atoms with E-state index < -0.39 is 11.7 Å². The predicted octanol–water partition coefficient (Wildman–Crippen LogP) is 3.81. The number of halogens is 3. The molecule has 0 saturated carbocycles. The molecule has 1 aromatic heterocycles. The summed E-state index contributed by atoms with van der Waals surface area (Å²) in [7, 11) is 0. The normalized spacial score (nSPS) is 20.6. The Balaban J connectivity index is 1.45. The summed E-state index contributed by atoms with van der Waals surface area (Å²) >= 11 is 0. The van der Waals surface area contributed by atoms with Crippen molar-refractivity contribution in [2.45, 2.75) is 24.9 Å². The molecule has 0 bridgehead atoms.